The summed E-state index contributed by atoms with van der Waals surface area (Å²) >= 11 is 0. The first-order valence-electron chi connectivity index (χ1n) is 7.47. The Bertz CT molecular complexity index is 558. The molecule has 1 aromatic rings. The van der Waals surface area contributed by atoms with Gasteiger partial charge in [-0.1, -0.05) is 12.1 Å². The number of hydrogen-bond acceptors (Lipinski definition) is 4. The third-order valence-electron chi connectivity index (χ3n) is 3.38. The first-order valence-corrected chi connectivity index (χ1v) is 7.47. The third kappa shape index (κ3) is 6.69. The van der Waals surface area contributed by atoms with Gasteiger partial charge in [-0.25, -0.2) is 0 Å². The lowest BCUT2D eigenvalue weighted by molar-refractivity contribution is -0.139. The molecule has 6 nitrogen and oxygen atoms in total. The zero-order valence-corrected chi connectivity index (χ0v) is 14.1. The van der Waals surface area contributed by atoms with E-state index in [0.717, 1.165) is 16.9 Å². The van der Waals surface area contributed by atoms with Crippen LogP contribution in [-0.4, -0.2) is 42.8 Å². The van der Waals surface area contributed by atoms with Crippen LogP contribution in [0, 0.1) is 13.8 Å². The highest BCUT2D eigenvalue weighted by molar-refractivity contribution is 5.78. The first-order chi connectivity index (χ1) is 10.8. The van der Waals surface area contributed by atoms with Gasteiger partial charge in [-0.15, -0.1) is 0 Å². The topological polar surface area (TPSA) is 84.9 Å². The molecule has 6 heteroatoms. The van der Waals surface area contributed by atoms with Crippen molar-refractivity contribution in [3.05, 3.63) is 29.3 Å². The Balaban J connectivity index is 2.52. The number of nitrogens with one attached hydrogen (secondary N) is 1. The Morgan fingerprint density at radius 3 is 2.61 bits per heavy atom. The molecule has 0 aliphatic heterocycles. The Morgan fingerprint density at radius 1 is 1.30 bits per heavy atom. The van der Waals surface area contributed by atoms with Crippen molar-refractivity contribution in [2.45, 2.75) is 39.2 Å². The third-order valence-corrected chi connectivity index (χ3v) is 3.38. The van der Waals surface area contributed by atoms with Gasteiger partial charge in [0, 0.05) is 7.11 Å². The van der Waals surface area contributed by atoms with Crippen LogP contribution in [0.5, 0.6) is 5.75 Å². The van der Waals surface area contributed by atoms with E-state index < -0.39 is 11.5 Å². The second-order valence-corrected chi connectivity index (χ2v) is 5.98. The summed E-state index contributed by atoms with van der Waals surface area (Å²) in [6.07, 6.45) is -0.0588. The second-order valence-electron chi connectivity index (χ2n) is 5.98. The molecular formula is C17H25NO5. The lowest BCUT2D eigenvalue weighted by atomic mass is 9.99. The SMILES string of the molecule is COCC(C)(CC(=O)O)NC(=O)CCOc1cc(C)ccc1C. The van der Waals surface area contributed by atoms with Crippen LogP contribution in [0.25, 0.3) is 0 Å². The van der Waals surface area contributed by atoms with Gasteiger partial charge in [-0.2, -0.15) is 0 Å². The molecular weight excluding hydrogens is 298 g/mol. The van der Waals surface area contributed by atoms with Crippen LogP contribution >= 0.6 is 0 Å². The number of carboxylic acid groups (broad SMARTS) is 1. The lowest BCUT2D eigenvalue weighted by Crippen LogP contribution is -2.51. The summed E-state index contributed by atoms with van der Waals surface area (Å²) < 4.78 is 10.6. The molecule has 128 valence electrons. The van der Waals surface area contributed by atoms with Gasteiger partial charge < -0.3 is 19.9 Å². The molecule has 2 N–H and O–H groups in total. The monoisotopic (exact) mass is 323 g/mol. The minimum atomic E-state index is -0.989. The fourth-order valence-electron chi connectivity index (χ4n) is 2.30. The van der Waals surface area contributed by atoms with Crippen LogP contribution < -0.4 is 10.1 Å². The summed E-state index contributed by atoms with van der Waals surface area (Å²) in [7, 11) is 1.47. The molecule has 0 aliphatic carbocycles. The summed E-state index contributed by atoms with van der Waals surface area (Å²) in [5, 5.41) is 11.7. The number of amides is 1. The van der Waals surface area contributed by atoms with E-state index in [-0.39, 0.29) is 32.0 Å². The summed E-state index contributed by atoms with van der Waals surface area (Å²) in [5.74, 6) is -0.504. The number of methoxy groups -OCH3 is 1. The number of benzene rings is 1. The molecule has 0 fully saturated rings. The van der Waals surface area contributed by atoms with Crippen LogP contribution in [0.2, 0.25) is 0 Å². The minimum Gasteiger partial charge on any atom is -0.493 e. The predicted molar refractivity (Wildman–Crippen MR) is 86.7 cm³/mol. The molecule has 1 amide bonds. The number of aryl methyl sites for hydroxylation is 2. The molecule has 0 radical (unpaired) electrons. The highest BCUT2D eigenvalue weighted by atomic mass is 16.5. The smallest absolute Gasteiger partial charge is 0.305 e. The number of carbonyl (C=O) groups excluding carboxylic acids is 1. The molecule has 0 saturated heterocycles. The Labute approximate surface area is 136 Å². The molecule has 0 aromatic heterocycles. The van der Waals surface area contributed by atoms with E-state index in [4.69, 9.17) is 14.6 Å². The molecule has 0 heterocycles. The van der Waals surface area contributed by atoms with Gasteiger partial charge >= 0.3 is 5.97 Å². The fourth-order valence-corrected chi connectivity index (χ4v) is 2.30. The van der Waals surface area contributed by atoms with E-state index in [1.165, 1.54) is 7.11 Å². The van der Waals surface area contributed by atoms with E-state index in [1.54, 1.807) is 6.92 Å². The van der Waals surface area contributed by atoms with Crippen molar-refractivity contribution >= 4 is 11.9 Å². The maximum absolute atomic E-state index is 12.0. The highest BCUT2D eigenvalue weighted by Gasteiger charge is 2.29. The van der Waals surface area contributed by atoms with Gasteiger partial charge in [0.15, 0.2) is 0 Å². The molecule has 0 saturated carbocycles. The van der Waals surface area contributed by atoms with Gasteiger partial charge in [-0.05, 0) is 38.0 Å². The number of ether oxygens (including phenoxy) is 2. The second kappa shape index (κ2) is 8.53. The van der Waals surface area contributed by atoms with E-state index in [0.29, 0.717) is 0 Å². The number of aliphatic carboxylic acids is 1. The van der Waals surface area contributed by atoms with Crippen molar-refractivity contribution in [1.82, 2.24) is 5.32 Å². The zero-order valence-electron chi connectivity index (χ0n) is 14.1. The van der Waals surface area contributed by atoms with Crippen LogP contribution in [0.15, 0.2) is 18.2 Å². The quantitative estimate of drug-likeness (QED) is 0.727. The molecule has 1 aromatic carbocycles. The normalized spacial score (nSPS) is 13.2. The molecule has 0 aliphatic rings. The van der Waals surface area contributed by atoms with Crippen molar-refractivity contribution in [3.63, 3.8) is 0 Å². The Hall–Kier alpha value is -2.08. The minimum absolute atomic E-state index is 0.128. The molecule has 23 heavy (non-hydrogen) atoms. The fraction of sp³-hybridized carbons (Fsp3) is 0.529. The van der Waals surface area contributed by atoms with E-state index in [2.05, 4.69) is 5.32 Å². The first kappa shape index (κ1) is 19.0. The number of rotatable bonds is 9. The average Bonchev–Trinajstić information content (AvgIpc) is 2.41. The zero-order chi connectivity index (χ0) is 17.5. The van der Waals surface area contributed by atoms with Crippen molar-refractivity contribution in [2.75, 3.05) is 20.3 Å². The summed E-state index contributed by atoms with van der Waals surface area (Å²) in [6.45, 7) is 5.92. The maximum atomic E-state index is 12.0. The number of carboxylic acids is 1. The number of carbonyl (C=O) groups is 2. The lowest BCUT2D eigenvalue weighted by Gasteiger charge is -2.28. The Morgan fingerprint density at radius 2 is 2.00 bits per heavy atom. The molecule has 1 unspecified atom stereocenters. The van der Waals surface area contributed by atoms with E-state index in [1.807, 2.05) is 32.0 Å². The Kier molecular flexibility index (Phi) is 7.03. The number of hydrogen-bond donors (Lipinski definition) is 2. The molecule has 1 atom stereocenters. The van der Waals surface area contributed by atoms with Crippen molar-refractivity contribution in [2.24, 2.45) is 0 Å². The van der Waals surface area contributed by atoms with Crippen molar-refractivity contribution in [3.8, 4) is 5.75 Å². The van der Waals surface area contributed by atoms with E-state index >= 15 is 0 Å². The van der Waals surface area contributed by atoms with Crippen LogP contribution in [-0.2, 0) is 14.3 Å². The van der Waals surface area contributed by atoms with Gasteiger partial charge in [0.25, 0.3) is 0 Å². The van der Waals surface area contributed by atoms with E-state index in [9.17, 15) is 9.59 Å². The summed E-state index contributed by atoms with van der Waals surface area (Å²) in [6, 6.07) is 5.89. The van der Waals surface area contributed by atoms with Crippen LogP contribution in [0.4, 0.5) is 0 Å². The largest absolute Gasteiger partial charge is 0.493 e. The van der Waals surface area contributed by atoms with Gasteiger partial charge in [0.2, 0.25) is 5.91 Å². The van der Waals surface area contributed by atoms with Crippen molar-refractivity contribution < 1.29 is 24.2 Å². The molecule has 0 bridgehead atoms. The van der Waals surface area contributed by atoms with Crippen molar-refractivity contribution in [1.29, 1.82) is 0 Å². The van der Waals surface area contributed by atoms with Crippen LogP contribution in [0.3, 0.4) is 0 Å². The molecule has 0 spiro atoms. The summed E-state index contributed by atoms with van der Waals surface area (Å²) in [5.41, 5.74) is 1.16. The average molecular weight is 323 g/mol. The van der Waals surface area contributed by atoms with Crippen LogP contribution in [0.1, 0.15) is 30.9 Å². The van der Waals surface area contributed by atoms with Gasteiger partial charge in [-0.3, -0.25) is 9.59 Å². The van der Waals surface area contributed by atoms with Gasteiger partial charge in [0.05, 0.1) is 31.6 Å². The summed E-state index contributed by atoms with van der Waals surface area (Å²) in [4.78, 5) is 22.9. The predicted octanol–water partition coefficient (Wildman–Crippen LogP) is 2.07. The standard InChI is InChI=1S/C17H25NO5/c1-12-5-6-13(2)14(9-12)23-8-7-15(19)18-17(3,11-22-4)10-16(20)21/h5-6,9H,7-8,10-11H2,1-4H3,(H,18,19)(H,20,21). The van der Waals surface area contributed by atoms with Gasteiger partial charge in [0.1, 0.15) is 5.75 Å². The highest BCUT2D eigenvalue weighted by Crippen LogP contribution is 2.19. The molecule has 1 rings (SSSR count). The maximum Gasteiger partial charge on any atom is 0.305 e.